The third kappa shape index (κ3) is 5.46. The van der Waals surface area contributed by atoms with Gasteiger partial charge in [-0.05, 0) is 82.9 Å². The highest BCUT2D eigenvalue weighted by atomic mass is 16.3. The number of hydrogen-bond donors (Lipinski definition) is 8. The van der Waals surface area contributed by atoms with E-state index in [1.54, 1.807) is 62.4 Å². The predicted octanol–water partition coefficient (Wildman–Crippen LogP) is 8.33. The van der Waals surface area contributed by atoms with Crippen molar-refractivity contribution in [3.8, 4) is 90.5 Å². The molecular formula is C39H32O8. The second kappa shape index (κ2) is 11.6. The Morgan fingerprint density at radius 3 is 0.830 bits per heavy atom. The van der Waals surface area contributed by atoms with E-state index in [1.807, 2.05) is 0 Å². The Kier molecular flexibility index (Phi) is 7.57. The van der Waals surface area contributed by atoms with Crippen molar-refractivity contribution in [1.82, 2.24) is 0 Å². The standard InChI is InChI=1S/C39H32O8/c1-39(2,29-19-31(44)33(21-3-11-25(40)12-4-21)35(37(29)46)23-7-15-27(42)16-8-23)30-20-32(45)34(22-5-13-26(41)14-6-22)36(38(30)47)24-9-17-28(43)18-10-24/h3-20,40-47H,1-2H3. The smallest absolute Gasteiger partial charge is 0.128 e. The summed E-state index contributed by atoms with van der Waals surface area (Å²) >= 11 is 0. The molecule has 0 aromatic heterocycles. The number of hydrogen-bond acceptors (Lipinski definition) is 8. The molecule has 0 heterocycles. The van der Waals surface area contributed by atoms with Crippen LogP contribution in [0.5, 0.6) is 46.0 Å². The Labute approximate surface area is 270 Å². The summed E-state index contributed by atoms with van der Waals surface area (Å²) in [6, 6.07) is 27.3. The van der Waals surface area contributed by atoms with Gasteiger partial charge in [0, 0.05) is 38.8 Å². The summed E-state index contributed by atoms with van der Waals surface area (Å²) in [5.41, 5.74) is 2.26. The highest BCUT2D eigenvalue weighted by molar-refractivity contribution is 5.95. The quantitative estimate of drug-likeness (QED) is 0.0854. The summed E-state index contributed by atoms with van der Waals surface area (Å²) in [6.45, 7) is 3.47. The molecule has 0 saturated heterocycles. The van der Waals surface area contributed by atoms with Crippen molar-refractivity contribution in [1.29, 1.82) is 0 Å². The van der Waals surface area contributed by atoms with E-state index in [0.29, 0.717) is 22.3 Å². The van der Waals surface area contributed by atoms with E-state index in [2.05, 4.69) is 0 Å². The van der Waals surface area contributed by atoms with E-state index in [-0.39, 0.29) is 79.4 Å². The normalized spacial score (nSPS) is 11.4. The van der Waals surface area contributed by atoms with Crippen LogP contribution in [0.1, 0.15) is 25.0 Å². The number of phenols is 8. The summed E-state index contributed by atoms with van der Waals surface area (Å²) < 4.78 is 0. The average Bonchev–Trinajstić information content (AvgIpc) is 3.04. The molecule has 8 nitrogen and oxygen atoms in total. The third-order valence-corrected chi connectivity index (χ3v) is 8.53. The van der Waals surface area contributed by atoms with E-state index >= 15 is 0 Å². The highest BCUT2D eigenvalue weighted by Crippen LogP contribution is 2.55. The molecule has 0 unspecified atom stereocenters. The molecule has 6 aromatic rings. The first kappa shape index (κ1) is 30.7. The summed E-state index contributed by atoms with van der Waals surface area (Å²) in [6.07, 6.45) is 0. The lowest BCUT2D eigenvalue weighted by Crippen LogP contribution is -2.20. The van der Waals surface area contributed by atoms with Crippen molar-refractivity contribution in [2.75, 3.05) is 0 Å². The Hall–Kier alpha value is -6.28. The topological polar surface area (TPSA) is 162 Å². The van der Waals surface area contributed by atoms with Gasteiger partial charge in [-0.15, -0.1) is 0 Å². The van der Waals surface area contributed by atoms with Gasteiger partial charge >= 0.3 is 0 Å². The van der Waals surface area contributed by atoms with Gasteiger partial charge in [0.05, 0.1) is 0 Å². The Morgan fingerprint density at radius 2 is 0.574 bits per heavy atom. The Morgan fingerprint density at radius 1 is 0.340 bits per heavy atom. The molecule has 47 heavy (non-hydrogen) atoms. The second-order valence-corrected chi connectivity index (χ2v) is 11.9. The Balaban J connectivity index is 1.63. The van der Waals surface area contributed by atoms with Crippen molar-refractivity contribution >= 4 is 0 Å². The third-order valence-electron chi connectivity index (χ3n) is 8.53. The Bertz CT molecular complexity index is 1950. The number of rotatable bonds is 6. The molecule has 6 rings (SSSR count). The van der Waals surface area contributed by atoms with Gasteiger partial charge < -0.3 is 40.9 Å². The van der Waals surface area contributed by atoms with Gasteiger partial charge in [0.1, 0.15) is 46.0 Å². The molecular weight excluding hydrogens is 596 g/mol. The highest BCUT2D eigenvalue weighted by Gasteiger charge is 2.35. The van der Waals surface area contributed by atoms with Gasteiger partial charge in [-0.1, -0.05) is 62.4 Å². The maximum absolute atomic E-state index is 12.0. The second-order valence-electron chi connectivity index (χ2n) is 11.9. The van der Waals surface area contributed by atoms with Gasteiger partial charge in [-0.2, -0.15) is 0 Å². The predicted molar refractivity (Wildman–Crippen MR) is 180 cm³/mol. The van der Waals surface area contributed by atoms with Crippen molar-refractivity contribution < 1.29 is 40.9 Å². The lowest BCUT2D eigenvalue weighted by Gasteiger charge is -2.31. The van der Waals surface area contributed by atoms with E-state index in [0.717, 1.165) is 0 Å². The van der Waals surface area contributed by atoms with Crippen molar-refractivity contribution in [3.05, 3.63) is 120 Å². The van der Waals surface area contributed by atoms with E-state index in [9.17, 15) is 40.9 Å². The van der Waals surface area contributed by atoms with Gasteiger partial charge in [0.2, 0.25) is 0 Å². The molecule has 0 aliphatic carbocycles. The van der Waals surface area contributed by atoms with Crippen molar-refractivity contribution in [3.63, 3.8) is 0 Å². The van der Waals surface area contributed by atoms with Crippen LogP contribution < -0.4 is 0 Å². The largest absolute Gasteiger partial charge is 0.508 e. The molecule has 0 bridgehead atoms. The molecule has 0 aliphatic heterocycles. The molecule has 8 heteroatoms. The molecule has 236 valence electrons. The minimum Gasteiger partial charge on any atom is -0.508 e. The molecule has 0 fully saturated rings. The van der Waals surface area contributed by atoms with Crippen LogP contribution in [0.4, 0.5) is 0 Å². The van der Waals surface area contributed by atoms with Gasteiger partial charge in [0.15, 0.2) is 0 Å². The first-order valence-corrected chi connectivity index (χ1v) is 14.7. The summed E-state index contributed by atoms with van der Waals surface area (Å²) in [5, 5.41) is 86.9. The van der Waals surface area contributed by atoms with Crippen LogP contribution in [-0.2, 0) is 5.41 Å². The van der Waals surface area contributed by atoms with E-state index in [4.69, 9.17) is 0 Å². The molecule has 6 aromatic carbocycles. The van der Waals surface area contributed by atoms with Crippen LogP contribution in [0.25, 0.3) is 44.5 Å². The molecule has 0 saturated carbocycles. The van der Waals surface area contributed by atoms with Crippen LogP contribution in [0.15, 0.2) is 109 Å². The van der Waals surface area contributed by atoms with Crippen LogP contribution in [-0.4, -0.2) is 40.9 Å². The molecule has 0 spiro atoms. The van der Waals surface area contributed by atoms with Gasteiger partial charge in [-0.25, -0.2) is 0 Å². The number of phenolic OH excluding ortho intramolecular Hbond substituents is 8. The van der Waals surface area contributed by atoms with Crippen LogP contribution in [0.3, 0.4) is 0 Å². The average molecular weight is 629 g/mol. The van der Waals surface area contributed by atoms with Gasteiger partial charge in [-0.3, -0.25) is 0 Å². The molecule has 0 atom stereocenters. The summed E-state index contributed by atoms with van der Waals surface area (Å²) in [4.78, 5) is 0. The van der Waals surface area contributed by atoms with Gasteiger partial charge in [0.25, 0.3) is 0 Å². The molecule has 0 aliphatic rings. The molecule has 0 radical (unpaired) electrons. The lowest BCUT2D eigenvalue weighted by atomic mass is 9.73. The van der Waals surface area contributed by atoms with Crippen molar-refractivity contribution in [2.24, 2.45) is 0 Å². The SMILES string of the molecule is CC(C)(c1cc(O)c(-c2ccc(O)cc2)c(-c2ccc(O)cc2)c1O)c1cc(O)c(-c2ccc(O)cc2)c(-c2ccc(O)cc2)c1O. The monoisotopic (exact) mass is 628 g/mol. The van der Waals surface area contributed by atoms with Crippen LogP contribution in [0, 0.1) is 0 Å². The first-order chi connectivity index (χ1) is 22.4. The zero-order chi connectivity index (χ0) is 33.6. The zero-order valence-corrected chi connectivity index (χ0v) is 25.5. The fourth-order valence-corrected chi connectivity index (χ4v) is 6.07. The summed E-state index contributed by atoms with van der Waals surface area (Å²) in [7, 11) is 0. The number of benzene rings is 6. The maximum Gasteiger partial charge on any atom is 0.128 e. The minimum atomic E-state index is -1.25. The maximum atomic E-state index is 12.0. The first-order valence-electron chi connectivity index (χ1n) is 14.7. The fraction of sp³-hybridized carbons (Fsp3) is 0.0769. The lowest BCUT2D eigenvalue weighted by molar-refractivity contribution is 0.426. The van der Waals surface area contributed by atoms with Crippen LogP contribution in [0.2, 0.25) is 0 Å². The minimum absolute atomic E-state index is 0.0102. The van der Waals surface area contributed by atoms with Crippen molar-refractivity contribution in [2.45, 2.75) is 19.3 Å². The molecule has 0 amide bonds. The van der Waals surface area contributed by atoms with E-state index < -0.39 is 5.41 Å². The summed E-state index contributed by atoms with van der Waals surface area (Å²) in [5.74, 6) is -0.741. The molecule has 8 N–H and O–H groups in total. The number of aromatic hydroxyl groups is 8. The van der Waals surface area contributed by atoms with E-state index in [1.165, 1.54) is 60.7 Å². The van der Waals surface area contributed by atoms with Crippen LogP contribution >= 0.6 is 0 Å². The fourth-order valence-electron chi connectivity index (χ4n) is 6.07. The zero-order valence-electron chi connectivity index (χ0n) is 25.5.